The molecule has 0 unspecified atom stereocenters. The molecular weight excluding hydrogens is 222 g/mol. The van der Waals surface area contributed by atoms with Gasteiger partial charge in [-0.25, -0.2) is 0 Å². The predicted octanol–water partition coefficient (Wildman–Crippen LogP) is 2.45. The molecule has 0 spiro atoms. The van der Waals surface area contributed by atoms with Crippen LogP contribution in [0.3, 0.4) is 0 Å². The van der Waals surface area contributed by atoms with Crippen LogP contribution in [0.15, 0.2) is 36.7 Å². The Morgan fingerprint density at radius 1 is 1.31 bits per heavy atom. The first kappa shape index (κ1) is 12.7. The molecule has 0 fully saturated rings. The molecule has 0 aliphatic carbocycles. The molecule has 0 aliphatic rings. The molecule has 16 heavy (non-hydrogen) atoms. The Morgan fingerprint density at radius 2 is 2.06 bits per heavy atom. The molecule has 0 amide bonds. The van der Waals surface area contributed by atoms with Crippen molar-refractivity contribution in [3.8, 4) is 11.1 Å². The van der Waals surface area contributed by atoms with E-state index in [2.05, 4.69) is 30.4 Å². The van der Waals surface area contributed by atoms with Gasteiger partial charge in [-0.2, -0.15) is 5.10 Å². The molecule has 0 saturated heterocycles. The summed E-state index contributed by atoms with van der Waals surface area (Å²) in [6.45, 7) is 3.53. The zero-order chi connectivity index (χ0) is 10.7. The van der Waals surface area contributed by atoms with Gasteiger partial charge < -0.3 is 5.73 Å². The fourth-order valence-electron chi connectivity index (χ4n) is 1.66. The number of rotatable bonds is 3. The number of benzene rings is 1. The molecule has 1 heterocycles. The Morgan fingerprint density at radius 3 is 2.69 bits per heavy atom. The third kappa shape index (κ3) is 2.43. The SMILES string of the molecule is CCn1cc(-c2ccccc2CN)cn1.Cl. The van der Waals surface area contributed by atoms with E-state index < -0.39 is 0 Å². The van der Waals surface area contributed by atoms with E-state index in [1.165, 1.54) is 5.56 Å². The number of aryl methyl sites for hydroxylation is 1. The molecule has 0 saturated carbocycles. The van der Waals surface area contributed by atoms with Crippen LogP contribution in [0.5, 0.6) is 0 Å². The molecule has 3 nitrogen and oxygen atoms in total. The molecule has 0 aliphatic heterocycles. The van der Waals surface area contributed by atoms with Crippen molar-refractivity contribution in [2.75, 3.05) is 0 Å². The van der Waals surface area contributed by atoms with Crippen LogP contribution in [-0.2, 0) is 13.1 Å². The molecule has 1 aromatic heterocycles. The Kier molecular flexibility index (Phi) is 4.52. The molecule has 0 bridgehead atoms. The lowest BCUT2D eigenvalue weighted by atomic mass is 10.0. The number of nitrogens with two attached hydrogens (primary N) is 1. The number of nitrogens with zero attached hydrogens (tertiary/aromatic N) is 2. The van der Waals surface area contributed by atoms with Crippen molar-refractivity contribution in [1.29, 1.82) is 0 Å². The van der Waals surface area contributed by atoms with Gasteiger partial charge >= 0.3 is 0 Å². The highest BCUT2D eigenvalue weighted by Crippen LogP contribution is 2.22. The summed E-state index contributed by atoms with van der Waals surface area (Å²) in [7, 11) is 0. The van der Waals surface area contributed by atoms with Gasteiger partial charge in [0.1, 0.15) is 0 Å². The van der Waals surface area contributed by atoms with Gasteiger partial charge in [0.25, 0.3) is 0 Å². The van der Waals surface area contributed by atoms with Crippen LogP contribution in [0.4, 0.5) is 0 Å². The molecular formula is C12H16ClN3. The van der Waals surface area contributed by atoms with Gasteiger partial charge in [0.15, 0.2) is 0 Å². The van der Waals surface area contributed by atoms with E-state index >= 15 is 0 Å². The summed E-state index contributed by atoms with van der Waals surface area (Å²) in [6.07, 6.45) is 3.94. The van der Waals surface area contributed by atoms with Crippen molar-refractivity contribution in [1.82, 2.24) is 9.78 Å². The summed E-state index contributed by atoms with van der Waals surface area (Å²) in [5.41, 5.74) is 9.18. The topological polar surface area (TPSA) is 43.8 Å². The van der Waals surface area contributed by atoms with Gasteiger partial charge in [0, 0.05) is 24.8 Å². The third-order valence-electron chi connectivity index (χ3n) is 2.51. The van der Waals surface area contributed by atoms with E-state index in [1.807, 2.05) is 23.0 Å². The predicted molar refractivity (Wildman–Crippen MR) is 68.5 cm³/mol. The first-order valence-corrected chi connectivity index (χ1v) is 5.16. The molecule has 0 radical (unpaired) electrons. The summed E-state index contributed by atoms with van der Waals surface area (Å²) < 4.78 is 1.92. The van der Waals surface area contributed by atoms with Crippen LogP contribution in [0.25, 0.3) is 11.1 Å². The lowest BCUT2D eigenvalue weighted by Gasteiger charge is -2.04. The van der Waals surface area contributed by atoms with Crippen molar-refractivity contribution in [2.24, 2.45) is 5.73 Å². The molecule has 2 rings (SSSR count). The maximum atomic E-state index is 5.70. The standard InChI is InChI=1S/C12H15N3.ClH/c1-2-15-9-11(8-14-15)12-6-4-3-5-10(12)7-13;/h3-6,8-9H,2,7,13H2,1H3;1H. The van der Waals surface area contributed by atoms with E-state index in [4.69, 9.17) is 5.73 Å². The van der Waals surface area contributed by atoms with Crippen LogP contribution >= 0.6 is 12.4 Å². The second kappa shape index (κ2) is 5.68. The van der Waals surface area contributed by atoms with E-state index in [9.17, 15) is 0 Å². The van der Waals surface area contributed by atoms with Crippen LogP contribution in [0.2, 0.25) is 0 Å². The first-order chi connectivity index (χ1) is 7.35. The summed E-state index contributed by atoms with van der Waals surface area (Å²) >= 11 is 0. The van der Waals surface area contributed by atoms with Gasteiger partial charge in [-0.05, 0) is 18.1 Å². The fraction of sp³-hybridized carbons (Fsp3) is 0.250. The molecule has 1 aromatic carbocycles. The largest absolute Gasteiger partial charge is 0.326 e. The highest BCUT2D eigenvalue weighted by atomic mass is 35.5. The summed E-state index contributed by atoms with van der Waals surface area (Å²) in [5, 5.41) is 4.26. The van der Waals surface area contributed by atoms with Crippen molar-refractivity contribution < 1.29 is 0 Å². The zero-order valence-electron chi connectivity index (χ0n) is 9.26. The van der Waals surface area contributed by atoms with Gasteiger partial charge in [-0.15, -0.1) is 12.4 Å². The number of aromatic nitrogens is 2. The second-order valence-corrected chi connectivity index (χ2v) is 3.45. The van der Waals surface area contributed by atoms with Crippen LogP contribution in [-0.4, -0.2) is 9.78 Å². The molecule has 2 aromatic rings. The summed E-state index contributed by atoms with van der Waals surface area (Å²) in [5.74, 6) is 0. The maximum Gasteiger partial charge on any atom is 0.0568 e. The lowest BCUT2D eigenvalue weighted by molar-refractivity contribution is 0.660. The minimum atomic E-state index is 0. The third-order valence-corrected chi connectivity index (χ3v) is 2.51. The number of hydrogen-bond donors (Lipinski definition) is 1. The minimum Gasteiger partial charge on any atom is -0.326 e. The van der Waals surface area contributed by atoms with Crippen LogP contribution in [0, 0.1) is 0 Å². The average molecular weight is 238 g/mol. The molecule has 2 N–H and O–H groups in total. The Balaban J connectivity index is 0.00000128. The van der Waals surface area contributed by atoms with Gasteiger partial charge in [-0.3, -0.25) is 4.68 Å². The van der Waals surface area contributed by atoms with E-state index in [1.54, 1.807) is 0 Å². The number of hydrogen-bond acceptors (Lipinski definition) is 2. The van der Waals surface area contributed by atoms with E-state index in [0.29, 0.717) is 6.54 Å². The number of halogens is 1. The Labute approximate surface area is 102 Å². The second-order valence-electron chi connectivity index (χ2n) is 3.45. The van der Waals surface area contributed by atoms with Crippen LogP contribution < -0.4 is 5.73 Å². The Bertz CT molecular complexity index is 451. The normalized spacial score (nSPS) is 9.88. The highest BCUT2D eigenvalue weighted by molar-refractivity contribution is 5.85. The Hall–Kier alpha value is -1.32. The quantitative estimate of drug-likeness (QED) is 0.891. The fourth-order valence-corrected chi connectivity index (χ4v) is 1.66. The van der Waals surface area contributed by atoms with Crippen molar-refractivity contribution in [3.63, 3.8) is 0 Å². The first-order valence-electron chi connectivity index (χ1n) is 5.16. The van der Waals surface area contributed by atoms with Gasteiger partial charge in [0.2, 0.25) is 0 Å². The molecule has 4 heteroatoms. The minimum absolute atomic E-state index is 0. The lowest BCUT2D eigenvalue weighted by Crippen LogP contribution is -1.98. The summed E-state index contributed by atoms with van der Waals surface area (Å²) in [4.78, 5) is 0. The van der Waals surface area contributed by atoms with Crippen molar-refractivity contribution in [3.05, 3.63) is 42.2 Å². The van der Waals surface area contributed by atoms with Gasteiger partial charge in [-0.1, -0.05) is 24.3 Å². The summed E-state index contributed by atoms with van der Waals surface area (Å²) in [6, 6.07) is 8.17. The maximum absolute atomic E-state index is 5.70. The van der Waals surface area contributed by atoms with E-state index in [-0.39, 0.29) is 12.4 Å². The van der Waals surface area contributed by atoms with Crippen molar-refractivity contribution in [2.45, 2.75) is 20.0 Å². The van der Waals surface area contributed by atoms with Crippen LogP contribution in [0.1, 0.15) is 12.5 Å². The smallest absolute Gasteiger partial charge is 0.0568 e. The average Bonchev–Trinajstić information content (AvgIpc) is 2.77. The van der Waals surface area contributed by atoms with Gasteiger partial charge in [0.05, 0.1) is 6.20 Å². The highest BCUT2D eigenvalue weighted by Gasteiger charge is 2.04. The molecule has 86 valence electrons. The zero-order valence-corrected chi connectivity index (χ0v) is 10.1. The molecule has 0 atom stereocenters. The van der Waals surface area contributed by atoms with Crippen molar-refractivity contribution >= 4 is 12.4 Å². The monoisotopic (exact) mass is 237 g/mol. The van der Waals surface area contributed by atoms with E-state index in [0.717, 1.165) is 17.7 Å².